The van der Waals surface area contributed by atoms with Crippen molar-refractivity contribution in [2.45, 2.75) is 352 Å². The lowest BCUT2D eigenvalue weighted by molar-refractivity contribution is -0.318. The Bertz CT molecular complexity index is 5180. The molecule has 2 N–H and O–H groups in total. The molecule has 4 aromatic carbocycles. The van der Waals surface area contributed by atoms with Crippen LogP contribution in [0.15, 0.2) is 133 Å². The third kappa shape index (κ3) is 30.3. The number of cyclic esters (lactones) is 2. The minimum atomic E-state index is -4.48. The maximum Gasteiger partial charge on any atom is 0.338 e. The van der Waals surface area contributed by atoms with Gasteiger partial charge in [-0.25, -0.2) is 19.2 Å². The molecular formula is C109H158N2O35S. The van der Waals surface area contributed by atoms with Crippen molar-refractivity contribution in [3.8, 4) is 0 Å². The second kappa shape index (κ2) is 52.3. The van der Waals surface area contributed by atoms with E-state index in [2.05, 4.69) is 0 Å². The minimum absolute atomic E-state index is 0.0270. The van der Waals surface area contributed by atoms with Gasteiger partial charge in [0, 0.05) is 84.7 Å². The SMILES string of the molecule is CC[C@H]1OC(=O)[C@H](C)[C@@H](OC2C[C@@](C)(OC)[C@@H](OC(=O)c3ccccc3)[C@H](C)O2)[C@H](C)[C@@H](OC2O[C@H](C)C[C@H](N(C)C)[C@H]2OC(=O)c2ccccc2)[C@@](C)(OC)C[C@@H](C)C(=O)/C(C)=C/[C@@]1(O)COC(C)=O.CC[C@H]1OC(=O)[C@H](C)[C@@H](OC2C[C@@](C)(OC)[C@@H](OC(=O)c3ccccc3)[C@H](C)O2)[C@H](C)[C@@H](OC2O[C@H](C)C[C@H](N(C)C)[C@H]2OC(=O)c2ccccc2)[C@@](C)(OC)C[C@@H](C)C(=O)[C@H](C)[C@H](OS(C)(=O)=O)[C@@]1(O)COC(C)=O. The van der Waals surface area contributed by atoms with Crippen LogP contribution in [0.5, 0.6) is 0 Å². The molecule has 5 saturated heterocycles. The zero-order chi connectivity index (χ0) is 109. The molecule has 0 amide bonds. The van der Waals surface area contributed by atoms with Gasteiger partial charge in [-0.05, 0) is 203 Å². The molecule has 34 atom stereocenters. The number of esters is 8. The Morgan fingerprint density at radius 3 is 1.10 bits per heavy atom. The lowest BCUT2D eigenvalue weighted by atomic mass is 9.73. The number of methoxy groups -OCH3 is 4. The van der Waals surface area contributed by atoms with E-state index in [4.69, 9.17) is 98.9 Å². The lowest BCUT2D eigenvalue weighted by Crippen LogP contribution is -2.63. The van der Waals surface area contributed by atoms with E-state index in [1.54, 1.807) is 211 Å². The number of rotatable bonds is 30. The van der Waals surface area contributed by atoms with Crippen LogP contribution in [0, 0.1) is 41.4 Å². The predicted octanol–water partition coefficient (Wildman–Crippen LogP) is 12.4. The molecule has 0 spiro atoms. The van der Waals surface area contributed by atoms with Gasteiger partial charge in [0.1, 0.15) is 48.5 Å². The maximum absolute atomic E-state index is 15.1. The summed E-state index contributed by atoms with van der Waals surface area (Å²) >= 11 is 0. The summed E-state index contributed by atoms with van der Waals surface area (Å²) < 4.78 is 159. The summed E-state index contributed by atoms with van der Waals surface area (Å²) in [5.41, 5.74) is -8.64. The number of ether oxygens (including phenoxy) is 20. The zero-order valence-electron chi connectivity index (χ0n) is 90.5. The van der Waals surface area contributed by atoms with Gasteiger partial charge in [0.2, 0.25) is 0 Å². The van der Waals surface area contributed by atoms with Crippen LogP contribution >= 0.6 is 0 Å². The highest BCUT2D eigenvalue weighted by molar-refractivity contribution is 7.86. The Kier molecular flexibility index (Phi) is 43.3. The van der Waals surface area contributed by atoms with Crippen molar-refractivity contribution in [3.05, 3.63) is 155 Å². The number of nitrogens with zero attached hydrogens (tertiary/aromatic N) is 2. The van der Waals surface area contributed by atoms with Gasteiger partial charge in [-0.1, -0.05) is 121 Å². The van der Waals surface area contributed by atoms with Crippen LogP contribution in [0.2, 0.25) is 0 Å². The smallest absolute Gasteiger partial charge is 0.338 e. The summed E-state index contributed by atoms with van der Waals surface area (Å²) in [6.45, 7) is 31.2. The van der Waals surface area contributed by atoms with Crippen LogP contribution in [0.3, 0.4) is 0 Å². The van der Waals surface area contributed by atoms with E-state index in [0.717, 1.165) is 13.2 Å². The molecular weight excluding hydrogens is 1930 g/mol. The number of hydrogen-bond donors (Lipinski definition) is 2. The normalized spacial score (nSPS) is 37.1. The molecule has 147 heavy (non-hydrogen) atoms. The Morgan fingerprint density at radius 2 is 0.762 bits per heavy atom. The fraction of sp³-hybridized carbons (Fsp3) is 0.670. The van der Waals surface area contributed by atoms with Crippen molar-refractivity contribution >= 4 is 69.4 Å². The Hall–Kier alpha value is -9.01. The number of carbonyl (C=O) groups excluding carboxylic acids is 10. The van der Waals surface area contributed by atoms with Crippen molar-refractivity contribution in [3.63, 3.8) is 0 Å². The van der Waals surface area contributed by atoms with Crippen LogP contribution in [0.25, 0.3) is 0 Å². The van der Waals surface area contributed by atoms with Crippen molar-refractivity contribution in [1.29, 1.82) is 0 Å². The number of likely N-dealkylation sites (N-methyl/N-ethyl adjacent to an activating group) is 2. The van der Waals surface area contributed by atoms with Crippen LogP contribution < -0.4 is 0 Å². The zero-order valence-corrected chi connectivity index (χ0v) is 91.3. The van der Waals surface area contributed by atoms with Gasteiger partial charge in [-0.3, -0.25) is 33.0 Å². The van der Waals surface area contributed by atoms with Gasteiger partial charge in [0.15, 0.2) is 66.6 Å². The molecule has 0 bridgehead atoms. The van der Waals surface area contributed by atoms with E-state index in [-0.39, 0.29) is 67.6 Å². The molecule has 37 nitrogen and oxygen atoms in total. The van der Waals surface area contributed by atoms with Crippen LogP contribution in [0.4, 0.5) is 0 Å². The summed E-state index contributed by atoms with van der Waals surface area (Å²) in [6, 6.07) is 33.3. The molecule has 6 heterocycles. The van der Waals surface area contributed by atoms with E-state index >= 15 is 4.79 Å². The molecule has 0 aliphatic carbocycles. The fourth-order valence-electron chi connectivity index (χ4n) is 21.3. The first-order valence-electron chi connectivity index (χ1n) is 50.5. The first-order valence-corrected chi connectivity index (χ1v) is 52.3. The average Bonchev–Trinajstić information content (AvgIpc) is 0.764. The highest BCUT2D eigenvalue weighted by Gasteiger charge is 2.61. The highest BCUT2D eigenvalue weighted by atomic mass is 32.2. The van der Waals surface area contributed by atoms with Gasteiger partial charge in [0.05, 0.1) is 112 Å². The van der Waals surface area contributed by atoms with Gasteiger partial charge in [-0.15, -0.1) is 0 Å². The Balaban J connectivity index is 0.000000328. The number of ketones is 2. The molecule has 820 valence electrons. The summed E-state index contributed by atoms with van der Waals surface area (Å²) in [5, 5.41) is 25.0. The molecule has 38 heteroatoms. The molecule has 4 unspecified atom stereocenters. The molecule has 0 radical (unpaired) electrons. The summed E-state index contributed by atoms with van der Waals surface area (Å²) in [5.74, 6) is -14.2. The molecule has 0 saturated carbocycles. The molecule has 0 aromatic heterocycles. The Morgan fingerprint density at radius 1 is 0.429 bits per heavy atom. The first kappa shape index (κ1) is 122. The van der Waals surface area contributed by atoms with Crippen molar-refractivity contribution in [2.75, 3.05) is 76.1 Å². The summed E-state index contributed by atoms with van der Waals surface area (Å²) in [4.78, 5) is 142. The van der Waals surface area contributed by atoms with Crippen molar-refractivity contribution < 1.29 is 165 Å². The molecule has 6 aliphatic heterocycles. The van der Waals surface area contributed by atoms with Gasteiger partial charge >= 0.3 is 47.8 Å². The van der Waals surface area contributed by atoms with Crippen LogP contribution in [-0.4, -0.2) is 326 Å². The molecule has 10 rings (SSSR count). The number of benzene rings is 4. The fourth-order valence-corrected chi connectivity index (χ4v) is 22.0. The van der Waals surface area contributed by atoms with E-state index in [1.165, 1.54) is 55.3 Å². The van der Waals surface area contributed by atoms with Crippen LogP contribution in [0.1, 0.15) is 231 Å². The lowest BCUT2D eigenvalue weighted by Gasteiger charge is -2.50. The van der Waals surface area contributed by atoms with Crippen molar-refractivity contribution in [1.82, 2.24) is 9.80 Å². The van der Waals surface area contributed by atoms with Gasteiger partial charge in [0.25, 0.3) is 10.1 Å². The molecule has 5 fully saturated rings. The third-order valence-electron chi connectivity index (χ3n) is 29.7. The second-order valence-electron chi connectivity index (χ2n) is 41.7. The monoisotopic (exact) mass is 2090 g/mol. The quantitative estimate of drug-likeness (QED) is 0.0278. The highest BCUT2D eigenvalue weighted by Crippen LogP contribution is 2.48. The number of hydrogen-bond acceptors (Lipinski definition) is 37. The topological polar surface area (TPSA) is 446 Å². The number of allylic oxidation sites excluding steroid dienone is 1. The number of carbonyl (C=O) groups is 10. The maximum atomic E-state index is 15.1. The minimum Gasteiger partial charge on any atom is -0.463 e. The standard InChI is InChI=1S/C55H81NO19S.C54H77NO16/c1-16-41-55(62,30-67-37(8)57)47(75-76(15,63)64)33(4)43(58)31(2)28-53(9,65-13)46(74-52-45(40(56(11)12)27-32(3)68-52)72-50(60)38-23-19-17-20-24-38)34(5)44(35(6)49(59)70-41)71-42-29-54(10,66-14)48(36(7)69-42)73-51(61)39-25-21-18-22-26-39;1-15-41-54(61,30-64-37(8)56)28-32(3)43(57)31(2)27-52(9,62-13)46(71-51-45(40(55(11)12)26-33(4)65-51)69-49(59)38-22-18-16-19-23-38)34(5)44(35(6)48(58)67-41)68-42-29-53(10,63-14)47(36(7)66-42)70-50(60)39-24-20-17-21-25-39/h17-26,31-36,40-42,44-48,52,62H,16,27-30H2,1-15H3;16-25,28,31,33-36,40-42,44-47,51,61H,15,26-27,29-30H2,1-14H3/b;32-28+/t31-,32-,33+,34+,35-,36+,40+,41-,42?,44+,45-,46-,47+,48+,52?,53+,54-,55-;31-,33-,34+,35-,36+,40+,41-,42?,44+,45-,46-,47+,51?,52+,53-,54-/m11/s1. The Labute approximate surface area is 865 Å². The first-order chi connectivity index (χ1) is 68.9. The van der Waals surface area contributed by atoms with E-state index in [0.29, 0.717) is 29.5 Å². The van der Waals surface area contributed by atoms with Gasteiger partial charge in [-0.2, -0.15) is 8.42 Å². The predicted molar refractivity (Wildman–Crippen MR) is 535 cm³/mol. The largest absolute Gasteiger partial charge is 0.463 e. The number of Topliss-reactive ketones (excluding diaryl/α,β-unsaturated/α-hetero) is 2. The van der Waals surface area contributed by atoms with E-state index < -0.39 is 269 Å². The number of aliphatic hydroxyl groups is 2. The molecule has 4 aromatic rings. The third-order valence-corrected chi connectivity index (χ3v) is 30.2. The average molecular weight is 2090 g/mol. The summed E-state index contributed by atoms with van der Waals surface area (Å²) in [7, 11) is 8.88. The van der Waals surface area contributed by atoms with Crippen LogP contribution in [-0.2, 0) is 138 Å². The summed E-state index contributed by atoms with van der Waals surface area (Å²) in [6.07, 6.45) is -18.1. The van der Waals surface area contributed by atoms with E-state index in [9.17, 15) is 61.8 Å². The van der Waals surface area contributed by atoms with Gasteiger partial charge < -0.3 is 115 Å². The second-order valence-corrected chi connectivity index (χ2v) is 43.3. The van der Waals surface area contributed by atoms with E-state index in [1.807, 2.05) is 58.8 Å². The molecule has 6 aliphatic rings. The van der Waals surface area contributed by atoms with Crippen molar-refractivity contribution in [2.24, 2.45) is 41.4 Å².